The Morgan fingerprint density at radius 3 is 2.20 bits per heavy atom. The van der Waals surface area contributed by atoms with Crippen LogP contribution in [0.4, 0.5) is 4.39 Å². The lowest BCUT2D eigenvalue weighted by Crippen LogP contribution is -2.32. The largest absolute Gasteiger partial charge is 0.395 e. The molecule has 0 aliphatic heterocycles. The zero-order valence-corrected chi connectivity index (χ0v) is 8.88. The number of rotatable bonds is 2. The van der Waals surface area contributed by atoms with Crippen molar-refractivity contribution in [1.29, 1.82) is 0 Å². The van der Waals surface area contributed by atoms with Gasteiger partial charge in [-0.1, -0.05) is 31.4 Å². The summed E-state index contributed by atoms with van der Waals surface area (Å²) in [5.74, 6) is -0.206. The molecule has 0 aromatic heterocycles. The number of benzene rings is 1. The second-order valence-electron chi connectivity index (χ2n) is 4.51. The average molecular weight is 208 g/mol. The predicted molar refractivity (Wildman–Crippen MR) is 58.2 cm³/mol. The normalized spacial score (nSPS) is 20.1. The van der Waals surface area contributed by atoms with Crippen LogP contribution in [-0.2, 0) is 5.41 Å². The molecule has 1 aromatic rings. The quantitative estimate of drug-likeness (QED) is 0.792. The van der Waals surface area contributed by atoms with Crippen LogP contribution in [0, 0.1) is 5.82 Å². The molecule has 1 N–H and O–H groups in total. The van der Waals surface area contributed by atoms with Gasteiger partial charge in [-0.05, 0) is 30.5 Å². The zero-order valence-electron chi connectivity index (χ0n) is 8.88. The molecule has 0 radical (unpaired) electrons. The number of aliphatic hydroxyl groups is 1. The Morgan fingerprint density at radius 2 is 1.67 bits per heavy atom. The third-order valence-corrected chi connectivity index (χ3v) is 3.57. The van der Waals surface area contributed by atoms with Gasteiger partial charge in [0.25, 0.3) is 0 Å². The molecule has 0 bridgehead atoms. The highest BCUT2D eigenvalue weighted by Gasteiger charge is 2.32. The molecule has 1 saturated carbocycles. The highest BCUT2D eigenvalue weighted by atomic mass is 19.1. The van der Waals surface area contributed by atoms with Crippen molar-refractivity contribution in [3.63, 3.8) is 0 Å². The Bertz CT molecular complexity index is 312. The molecule has 15 heavy (non-hydrogen) atoms. The van der Waals surface area contributed by atoms with Gasteiger partial charge in [-0.3, -0.25) is 0 Å². The van der Waals surface area contributed by atoms with Crippen LogP contribution < -0.4 is 0 Å². The molecule has 0 spiro atoms. The van der Waals surface area contributed by atoms with Crippen LogP contribution in [-0.4, -0.2) is 11.7 Å². The molecular formula is C13H17FO. The van der Waals surface area contributed by atoms with Crippen LogP contribution >= 0.6 is 0 Å². The molecule has 1 aliphatic rings. The molecule has 0 saturated heterocycles. The van der Waals surface area contributed by atoms with Gasteiger partial charge in [0.05, 0.1) is 6.61 Å². The van der Waals surface area contributed by atoms with Gasteiger partial charge in [0.1, 0.15) is 5.82 Å². The van der Waals surface area contributed by atoms with Crippen LogP contribution in [0.25, 0.3) is 0 Å². The van der Waals surface area contributed by atoms with E-state index in [1.165, 1.54) is 18.6 Å². The van der Waals surface area contributed by atoms with Crippen molar-refractivity contribution < 1.29 is 9.50 Å². The van der Waals surface area contributed by atoms with E-state index in [0.717, 1.165) is 31.2 Å². The summed E-state index contributed by atoms with van der Waals surface area (Å²) in [5, 5.41) is 9.57. The molecule has 0 heterocycles. The van der Waals surface area contributed by atoms with E-state index in [1.807, 2.05) is 12.1 Å². The summed E-state index contributed by atoms with van der Waals surface area (Å²) >= 11 is 0. The second-order valence-corrected chi connectivity index (χ2v) is 4.51. The van der Waals surface area contributed by atoms with Crippen molar-refractivity contribution in [2.75, 3.05) is 6.61 Å². The molecule has 0 amide bonds. The summed E-state index contributed by atoms with van der Waals surface area (Å²) < 4.78 is 12.8. The van der Waals surface area contributed by atoms with Gasteiger partial charge < -0.3 is 5.11 Å². The molecule has 2 rings (SSSR count). The Balaban J connectivity index is 2.28. The third-order valence-electron chi connectivity index (χ3n) is 3.57. The SMILES string of the molecule is OCC1(c2ccc(F)cc2)CCCCC1. The summed E-state index contributed by atoms with van der Waals surface area (Å²) in [4.78, 5) is 0. The van der Waals surface area contributed by atoms with Crippen LogP contribution in [0.5, 0.6) is 0 Å². The molecule has 0 unspecified atom stereocenters. The van der Waals surface area contributed by atoms with E-state index in [-0.39, 0.29) is 17.8 Å². The minimum atomic E-state index is -0.206. The monoisotopic (exact) mass is 208 g/mol. The molecule has 1 nitrogen and oxygen atoms in total. The first-order valence-electron chi connectivity index (χ1n) is 5.64. The fourth-order valence-corrected chi connectivity index (χ4v) is 2.57. The Morgan fingerprint density at radius 1 is 1.07 bits per heavy atom. The lowest BCUT2D eigenvalue weighted by atomic mass is 9.70. The molecule has 2 heteroatoms. The molecule has 1 aliphatic carbocycles. The number of halogens is 1. The smallest absolute Gasteiger partial charge is 0.123 e. The second kappa shape index (κ2) is 4.31. The third kappa shape index (κ3) is 2.05. The maximum absolute atomic E-state index is 12.8. The van der Waals surface area contributed by atoms with Crippen molar-refractivity contribution in [3.8, 4) is 0 Å². The summed E-state index contributed by atoms with van der Waals surface area (Å²) in [6.45, 7) is 0.179. The summed E-state index contributed by atoms with van der Waals surface area (Å²) in [6.07, 6.45) is 5.63. The van der Waals surface area contributed by atoms with E-state index in [1.54, 1.807) is 0 Å². The van der Waals surface area contributed by atoms with Gasteiger partial charge in [-0.25, -0.2) is 4.39 Å². The van der Waals surface area contributed by atoms with E-state index < -0.39 is 0 Å². The van der Waals surface area contributed by atoms with Crippen molar-refractivity contribution in [3.05, 3.63) is 35.6 Å². The van der Waals surface area contributed by atoms with E-state index in [2.05, 4.69) is 0 Å². The molecule has 82 valence electrons. The maximum Gasteiger partial charge on any atom is 0.123 e. The fourth-order valence-electron chi connectivity index (χ4n) is 2.57. The summed E-state index contributed by atoms with van der Waals surface area (Å²) in [7, 11) is 0. The molecule has 1 fully saturated rings. The Kier molecular flexibility index (Phi) is 3.06. The topological polar surface area (TPSA) is 20.2 Å². The van der Waals surface area contributed by atoms with E-state index in [0.29, 0.717) is 0 Å². The maximum atomic E-state index is 12.8. The fraction of sp³-hybridized carbons (Fsp3) is 0.538. The zero-order chi connectivity index (χ0) is 10.7. The van der Waals surface area contributed by atoms with Crippen LogP contribution in [0.15, 0.2) is 24.3 Å². The Labute approximate surface area is 89.9 Å². The first-order valence-corrected chi connectivity index (χ1v) is 5.64. The van der Waals surface area contributed by atoms with Gasteiger partial charge in [0.15, 0.2) is 0 Å². The molecule has 1 aromatic carbocycles. The van der Waals surface area contributed by atoms with E-state index in [9.17, 15) is 9.50 Å². The van der Waals surface area contributed by atoms with Crippen molar-refractivity contribution in [2.24, 2.45) is 0 Å². The van der Waals surface area contributed by atoms with Crippen LogP contribution in [0.2, 0.25) is 0 Å². The first kappa shape index (κ1) is 10.6. The van der Waals surface area contributed by atoms with Gasteiger partial charge in [-0.2, -0.15) is 0 Å². The van der Waals surface area contributed by atoms with Crippen molar-refractivity contribution >= 4 is 0 Å². The number of aliphatic hydroxyl groups excluding tert-OH is 1. The highest BCUT2D eigenvalue weighted by Crippen LogP contribution is 2.38. The van der Waals surface area contributed by atoms with Gasteiger partial charge in [-0.15, -0.1) is 0 Å². The molecule has 0 atom stereocenters. The van der Waals surface area contributed by atoms with E-state index >= 15 is 0 Å². The van der Waals surface area contributed by atoms with Gasteiger partial charge in [0.2, 0.25) is 0 Å². The van der Waals surface area contributed by atoms with Crippen LogP contribution in [0.1, 0.15) is 37.7 Å². The Hall–Kier alpha value is -0.890. The van der Waals surface area contributed by atoms with Gasteiger partial charge >= 0.3 is 0 Å². The summed E-state index contributed by atoms with van der Waals surface area (Å²) in [6, 6.07) is 6.61. The van der Waals surface area contributed by atoms with E-state index in [4.69, 9.17) is 0 Å². The number of hydrogen-bond acceptors (Lipinski definition) is 1. The standard InChI is InChI=1S/C13H17FO/c14-12-6-4-11(5-7-12)13(10-15)8-2-1-3-9-13/h4-7,15H,1-3,8-10H2. The predicted octanol–water partition coefficient (Wildman–Crippen LogP) is 3.02. The minimum Gasteiger partial charge on any atom is -0.395 e. The average Bonchev–Trinajstić information content (AvgIpc) is 2.31. The molecular weight excluding hydrogens is 191 g/mol. The van der Waals surface area contributed by atoms with Crippen LogP contribution in [0.3, 0.4) is 0 Å². The lowest BCUT2D eigenvalue weighted by Gasteiger charge is -2.36. The van der Waals surface area contributed by atoms with Gasteiger partial charge in [0, 0.05) is 5.41 Å². The highest BCUT2D eigenvalue weighted by molar-refractivity contribution is 5.26. The number of hydrogen-bond donors (Lipinski definition) is 1. The minimum absolute atomic E-state index is 0.105. The van der Waals surface area contributed by atoms with Crippen molar-refractivity contribution in [2.45, 2.75) is 37.5 Å². The van der Waals surface area contributed by atoms with Crippen molar-refractivity contribution in [1.82, 2.24) is 0 Å². The first-order chi connectivity index (χ1) is 7.27. The summed E-state index contributed by atoms with van der Waals surface area (Å²) in [5.41, 5.74) is 0.984. The lowest BCUT2D eigenvalue weighted by molar-refractivity contribution is 0.151.